The van der Waals surface area contributed by atoms with Crippen molar-refractivity contribution >= 4 is 16.7 Å². The van der Waals surface area contributed by atoms with Gasteiger partial charge in [0.05, 0.1) is 0 Å². The molecule has 3 rings (SSSR count). The summed E-state index contributed by atoms with van der Waals surface area (Å²) in [7, 11) is 0. The lowest BCUT2D eigenvalue weighted by Gasteiger charge is -2.30. The van der Waals surface area contributed by atoms with Crippen LogP contribution in [0.25, 0.3) is 10.8 Å². The van der Waals surface area contributed by atoms with Crippen LogP contribution in [0.15, 0.2) is 36.4 Å². The fourth-order valence-electron chi connectivity index (χ4n) is 4.19. The van der Waals surface area contributed by atoms with Crippen molar-refractivity contribution in [3.8, 4) is 5.75 Å². The van der Waals surface area contributed by atoms with E-state index in [0.29, 0.717) is 11.7 Å². The molecule has 0 heterocycles. The average molecular weight is 338 g/mol. The van der Waals surface area contributed by atoms with Gasteiger partial charge < -0.3 is 4.74 Å². The number of ether oxygens (including phenoxy) is 1. The maximum Gasteiger partial charge on any atom is 0.308 e. The lowest BCUT2D eigenvalue weighted by atomic mass is 9.75. The van der Waals surface area contributed by atoms with Gasteiger partial charge in [0.1, 0.15) is 5.75 Å². The summed E-state index contributed by atoms with van der Waals surface area (Å²) in [6.07, 6.45) is 8.09. The number of rotatable bonds is 5. The van der Waals surface area contributed by atoms with Gasteiger partial charge in [-0.05, 0) is 78.3 Å². The monoisotopic (exact) mass is 338 g/mol. The third-order valence-electron chi connectivity index (χ3n) is 5.85. The van der Waals surface area contributed by atoms with Crippen molar-refractivity contribution < 1.29 is 9.53 Å². The molecule has 1 aliphatic rings. The van der Waals surface area contributed by atoms with Crippen LogP contribution in [0.3, 0.4) is 0 Å². The van der Waals surface area contributed by atoms with E-state index in [1.54, 1.807) is 0 Å². The van der Waals surface area contributed by atoms with Crippen LogP contribution in [-0.4, -0.2) is 5.97 Å². The van der Waals surface area contributed by atoms with Crippen LogP contribution < -0.4 is 4.74 Å². The van der Waals surface area contributed by atoms with Crippen molar-refractivity contribution in [1.82, 2.24) is 0 Å². The maximum absolute atomic E-state index is 11.1. The molecule has 0 N–H and O–H groups in total. The van der Waals surface area contributed by atoms with Crippen molar-refractivity contribution in [2.75, 3.05) is 0 Å². The van der Waals surface area contributed by atoms with Gasteiger partial charge in [-0.25, -0.2) is 0 Å². The third-order valence-corrected chi connectivity index (χ3v) is 5.85. The van der Waals surface area contributed by atoms with Gasteiger partial charge >= 0.3 is 5.97 Å². The molecule has 1 unspecified atom stereocenters. The fraction of sp³-hybridized carbons (Fsp3) is 0.522. The quantitative estimate of drug-likeness (QED) is 0.461. The highest BCUT2D eigenvalue weighted by Crippen LogP contribution is 2.39. The van der Waals surface area contributed by atoms with E-state index in [-0.39, 0.29) is 5.97 Å². The highest BCUT2D eigenvalue weighted by molar-refractivity contribution is 5.85. The molecule has 1 saturated carbocycles. The van der Waals surface area contributed by atoms with E-state index in [2.05, 4.69) is 38.1 Å². The first-order chi connectivity index (χ1) is 12.0. The fourth-order valence-corrected chi connectivity index (χ4v) is 4.19. The predicted octanol–water partition coefficient (Wildman–Crippen LogP) is 6.48. The molecule has 2 aromatic carbocycles. The number of carbonyl (C=O) groups is 1. The Morgan fingerprint density at radius 1 is 1.08 bits per heavy atom. The molecular formula is C23H30O2. The highest BCUT2D eigenvalue weighted by Gasteiger charge is 2.23. The molecular weight excluding hydrogens is 308 g/mol. The van der Waals surface area contributed by atoms with Crippen molar-refractivity contribution in [1.29, 1.82) is 0 Å². The van der Waals surface area contributed by atoms with Crippen molar-refractivity contribution in [2.45, 2.75) is 65.2 Å². The Balaban J connectivity index is 1.67. The Labute approximate surface area is 151 Å². The summed E-state index contributed by atoms with van der Waals surface area (Å²) in [4.78, 5) is 11.1. The van der Waals surface area contributed by atoms with Crippen molar-refractivity contribution in [3.05, 3.63) is 42.0 Å². The molecule has 0 saturated heterocycles. The number of esters is 1. The van der Waals surface area contributed by atoms with Gasteiger partial charge in [0.2, 0.25) is 0 Å². The molecule has 0 spiro atoms. The standard InChI is InChI=1S/C23H30O2/c1-4-16(2)13-18-5-7-19(8-6-18)20-9-10-22-15-23(25-17(3)24)12-11-21(22)14-20/h9-12,14-16,18-19H,4-8,13H2,1-3H3/t16?,18-,19-. The van der Waals surface area contributed by atoms with Gasteiger partial charge in [0.25, 0.3) is 0 Å². The number of benzene rings is 2. The molecule has 2 nitrogen and oxygen atoms in total. The molecule has 0 aromatic heterocycles. The van der Waals surface area contributed by atoms with Gasteiger partial charge in [-0.3, -0.25) is 4.79 Å². The molecule has 2 heteroatoms. The smallest absolute Gasteiger partial charge is 0.308 e. The van der Waals surface area contributed by atoms with E-state index in [1.807, 2.05) is 12.1 Å². The van der Waals surface area contributed by atoms with E-state index in [0.717, 1.165) is 17.2 Å². The van der Waals surface area contributed by atoms with Crippen LogP contribution in [0.2, 0.25) is 0 Å². The Bertz CT molecular complexity index is 726. The molecule has 1 fully saturated rings. The molecule has 0 radical (unpaired) electrons. The zero-order valence-corrected chi connectivity index (χ0v) is 15.8. The Morgan fingerprint density at radius 3 is 2.44 bits per heavy atom. The summed E-state index contributed by atoms with van der Waals surface area (Å²) in [5.74, 6) is 2.85. The number of hydrogen-bond acceptors (Lipinski definition) is 2. The van der Waals surface area contributed by atoms with Crippen molar-refractivity contribution in [2.24, 2.45) is 11.8 Å². The molecule has 0 bridgehead atoms. The van der Waals surface area contributed by atoms with Gasteiger partial charge in [-0.2, -0.15) is 0 Å². The molecule has 1 aliphatic carbocycles. The predicted molar refractivity (Wildman–Crippen MR) is 104 cm³/mol. The van der Waals surface area contributed by atoms with Gasteiger partial charge in [-0.1, -0.05) is 44.5 Å². The Morgan fingerprint density at radius 2 is 1.76 bits per heavy atom. The SMILES string of the molecule is CCC(C)C[C@H]1CC[C@H](c2ccc3cc(OC(C)=O)ccc3c2)CC1. The summed E-state index contributed by atoms with van der Waals surface area (Å²) in [6.45, 7) is 6.13. The van der Waals surface area contributed by atoms with Crippen molar-refractivity contribution in [3.63, 3.8) is 0 Å². The van der Waals surface area contributed by atoms with E-state index < -0.39 is 0 Å². The minimum absolute atomic E-state index is 0.273. The number of carbonyl (C=O) groups excluding carboxylic acids is 1. The first-order valence-corrected chi connectivity index (χ1v) is 9.77. The summed E-state index contributed by atoms with van der Waals surface area (Å²) >= 11 is 0. The normalized spacial score (nSPS) is 21.9. The van der Waals surface area contributed by atoms with E-state index in [4.69, 9.17) is 4.74 Å². The highest BCUT2D eigenvalue weighted by atomic mass is 16.5. The van der Waals surface area contributed by atoms with E-state index in [9.17, 15) is 4.79 Å². The van der Waals surface area contributed by atoms with Crippen LogP contribution in [0, 0.1) is 11.8 Å². The Hall–Kier alpha value is -1.83. The van der Waals surface area contributed by atoms with Crippen LogP contribution >= 0.6 is 0 Å². The average Bonchev–Trinajstić information content (AvgIpc) is 2.61. The summed E-state index contributed by atoms with van der Waals surface area (Å²) < 4.78 is 5.18. The maximum atomic E-state index is 11.1. The lowest BCUT2D eigenvalue weighted by molar-refractivity contribution is -0.131. The molecule has 0 aliphatic heterocycles. The largest absolute Gasteiger partial charge is 0.427 e. The molecule has 0 amide bonds. The minimum Gasteiger partial charge on any atom is -0.427 e. The zero-order chi connectivity index (χ0) is 17.8. The van der Waals surface area contributed by atoms with Gasteiger partial charge in [0, 0.05) is 6.92 Å². The summed E-state index contributed by atoms with van der Waals surface area (Å²) in [6, 6.07) is 12.7. The molecule has 2 aromatic rings. The first-order valence-electron chi connectivity index (χ1n) is 9.77. The summed E-state index contributed by atoms with van der Waals surface area (Å²) in [5, 5.41) is 2.36. The van der Waals surface area contributed by atoms with E-state index in [1.165, 1.54) is 56.4 Å². The molecule has 1 atom stereocenters. The first kappa shape index (κ1) is 18.0. The lowest BCUT2D eigenvalue weighted by Crippen LogP contribution is -2.15. The Kier molecular flexibility index (Phi) is 5.78. The minimum atomic E-state index is -0.273. The zero-order valence-electron chi connectivity index (χ0n) is 15.8. The summed E-state index contributed by atoms with van der Waals surface area (Å²) in [5.41, 5.74) is 1.47. The van der Waals surface area contributed by atoms with Crippen LogP contribution in [0.5, 0.6) is 5.75 Å². The third kappa shape index (κ3) is 4.62. The second-order valence-electron chi connectivity index (χ2n) is 7.83. The second kappa shape index (κ2) is 8.03. The van der Waals surface area contributed by atoms with Gasteiger partial charge in [0.15, 0.2) is 0 Å². The molecule has 134 valence electrons. The molecule has 25 heavy (non-hydrogen) atoms. The van der Waals surface area contributed by atoms with Crippen LogP contribution in [0.1, 0.15) is 70.8 Å². The van der Waals surface area contributed by atoms with Gasteiger partial charge in [-0.15, -0.1) is 0 Å². The topological polar surface area (TPSA) is 26.3 Å². The van der Waals surface area contributed by atoms with E-state index >= 15 is 0 Å². The van der Waals surface area contributed by atoms with Crippen LogP contribution in [-0.2, 0) is 4.79 Å². The number of hydrogen-bond donors (Lipinski definition) is 0. The number of fused-ring (bicyclic) bond motifs is 1. The second-order valence-corrected chi connectivity index (χ2v) is 7.83. The van der Waals surface area contributed by atoms with Crippen LogP contribution in [0.4, 0.5) is 0 Å².